The lowest BCUT2D eigenvalue weighted by Gasteiger charge is -2.19. The lowest BCUT2D eigenvalue weighted by molar-refractivity contribution is 0.588. The van der Waals surface area contributed by atoms with Gasteiger partial charge in [-0.05, 0) is 54.4 Å². The summed E-state index contributed by atoms with van der Waals surface area (Å²) in [4.78, 5) is 4.33. The summed E-state index contributed by atoms with van der Waals surface area (Å²) in [5.41, 5.74) is 1.21. The summed E-state index contributed by atoms with van der Waals surface area (Å²) in [6, 6.07) is 1.65. The van der Waals surface area contributed by atoms with Gasteiger partial charge in [-0.15, -0.1) is 0 Å². The zero-order chi connectivity index (χ0) is 15.5. The molecule has 0 aromatic carbocycles. The highest BCUT2D eigenvalue weighted by molar-refractivity contribution is 9.10. The predicted molar refractivity (Wildman–Crippen MR) is 87.7 cm³/mol. The predicted octanol–water partition coefficient (Wildman–Crippen LogP) is 2.83. The molecular weight excluding hydrogens is 354 g/mol. The number of aromatic nitrogens is 1. The number of anilines is 1. The Hall–Kier alpha value is -1.18. The molecule has 0 fully saturated rings. The molecule has 1 aliphatic carbocycles. The van der Waals surface area contributed by atoms with Gasteiger partial charge in [0, 0.05) is 12.2 Å². The first-order valence-electron chi connectivity index (χ1n) is 6.66. The Morgan fingerprint density at radius 3 is 2.71 bits per heavy atom. The fraction of sp³-hybridized carbons (Fsp3) is 0.357. The van der Waals surface area contributed by atoms with Crippen molar-refractivity contribution in [2.75, 3.05) is 12.4 Å². The van der Waals surface area contributed by atoms with E-state index >= 15 is 0 Å². The minimum absolute atomic E-state index is 0.108. The van der Waals surface area contributed by atoms with Crippen LogP contribution in [-0.2, 0) is 10.0 Å². The average molecular weight is 372 g/mol. The van der Waals surface area contributed by atoms with E-state index in [0.717, 1.165) is 12.8 Å². The number of halogens is 1. The fourth-order valence-corrected chi connectivity index (χ4v) is 3.35. The number of nitrogens with one attached hydrogen (secondary N) is 2. The normalized spacial score (nSPS) is 16.4. The number of sulfonamides is 1. The van der Waals surface area contributed by atoms with Gasteiger partial charge in [-0.1, -0.05) is 18.2 Å². The van der Waals surface area contributed by atoms with Crippen LogP contribution in [0, 0.1) is 0 Å². The number of hydrogen-bond donors (Lipinski definition) is 2. The highest BCUT2D eigenvalue weighted by Crippen LogP contribution is 2.25. The summed E-state index contributed by atoms with van der Waals surface area (Å²) in [5, 5.41) is 3.28. The third-order valence-electron chi connectivity index (χ3n) is 3.27. The summed E-state index contributed by atoms with van der Waals surface area (Å²) in [5.74, 6) is 0.623. The van der Waals surface area contributed by atoms with E-state index in [9.17, 15) is 8.42 Å². The molecule has 0 aliphatic heterocycles. The highest BCUT2D eigenvalue weighted by atomic mass is 79.9. The molecule has 2 rings (SSSR count). The van der Waals surface area contributed by atoms with Crippen LogP contribution in [0.1, 0.15) is 19.8 Å². The largest absolute Gasteiger partial charge is 0.363 e. The van der Waals surface area contributed by atoms with E-state index in [1.807, 2.05) is 6.92 Å². The van der Waals surface area contributed by atoms with Gasteiger partial charge in [0.15, 0.2) is 0 Å². The summed E-state index contributed by atoms with van der Waals surface area (Å²) < 4.78 is 26.3. The van der Waals surface area contributed by atoms with Crippen LogP contribution in [0.3, 0.4) is 0 Å². The van der Waals surface area contributed by atoms with Crippen molar-refractivity contribution in [3.63, 3.8) is 0 Å². The van der Waals surface area contributed by atoms with Crippen molar-refractivity contribution in [3.8, 4) is 0 Å². The van der Waals surface area contributed by atoms with Gasteiger partial charge < -0.3 is 5.32 Å². The van der Waals surface area contributed by atoms with Gasteiger partial charge in [0.2, 0.25) is 10.0 Å². The van der Waals surface area contributed by atoms with Crippen molar-refractivity contribution in [1.82, 2.24) is 9.71 Å². The first-order valence-corrected chi connectivity index (χ1v) is 8.94. The molecule has 7 heteroatoms. The van der Waals surface area contributed by atoms with E-state index in [-0.39, 0.29) is 10.9 Å². The molecule has 0 amide bonds. The molecule has 0 spiro atoms. The monoisotopic (exact) mass is 371 g/mol. The molecule has 114 valence electrons. The second-order valence-corrected chi connectivity index (χ2v) is 7.50. The molecule has 21 heavy (non-hydrogen) atoms. The van der Waals surface area contributed by atoms with E-state index in [2.05, 4.69) is 49.2 Å². The van der Waals surface area contributed by atoms with Crippen molar-refractivity contribution in [1.29, 1.82) is 0 Å². The maximum atomic E-state index is 11.7. The smallest absolute Gasteiger partial charge is 0.241 e. The van der Waals surface area contributed by atoms with Crippen LogP contribution in [0.4, 0.5) is 5.82 Å². The average Bonchev–Trinajstić information content (AvgIpc) is 2.50. The summed E-state index contributed by atoms with van der Waals surface area (Å²) in [6.07, 6.45) is 9.93. The van der Waals surface area contributed by atoms with Crippen molar-refractivity contribution in [2.45, 2.75) is 30.7 Å². The van der Waals surface area contributed by atoms with Crippen molar-refractivity contribution in [3.05, 3.63) is 40.5 Å². The molecule has 1 aromatic heterocycles. The van der Waals surface area contributed by atoms with Gasteiger partial charge in [0.05, 0.1) is 4.47 Å². The second kappa shape index (κ2) is 6.72. The summed E-state index contributed by atoms with van der Waals surface area (Å²) >= 11 is 3.37. The van der Waals surface area contributed by atoms with Gasteiger partial charge >= 0.3 is 0 Å². The fourth-order valence-electron chi connectivity index (χ4n) is 2.03. The van der Waals surface area contributed by atoms with E-state index in [0.29, 0.717) is 10.3 Å². The molecule has 0 bridgehead atoms. The molecule has 1 unspecified atom stereocenters. The maximum absolute atomic E-state index is 11.7. The lowest BCUT2D eigenvalue weighted by atomic mass is 10.0. The topological polar surface area (TPSA) is 71.1 Å². The van der Waals surface area contributed by atoms with E-state index < -0.39 is 10.0 Å². The van der Waals surface area contributed by atoms with Crippen LogP contribution in [0.25, 0.3) is 0 Å². The van der Waals surface area contributed by atoms with Gasteiger partial charge in [0.1, 0.15) is 10.7 Å². The number of rotatable bonds is 5. The van der Waals surface area contributed by atoms with Crippen LogP contribution in [-0.4, -0.2) is 26.5 Å². The zero-order valence-corrected chi connectivity index (χ0v) is 14.3. The number of pyridine rings is 1. The maximum Gasteiger partial charge on any atom is 0.241 e. The minimum atomic E-state index is -3.48. The molecule has 0 radical (unpaired) electrons. The van der Waals surface area contributed by atoms with E-state index in [1.165, 1.54) is 18.8 Å². The van der Waals surface area contributed by atoms with Crippen LogP contribution in [0.15, 0.2) is 45.4 Å². The van der Waals surface area contributed by atoms with Gasteiger partial charge in [-0.2, -0.15) is 0 Å². The Morgan fingerprint density at radius 1 is 1.38 bits per heavy atom. The second-order valence-electron chi connectivity index (χ2n) is 4.76. The number of allylic oxidation sites excluding steroid dienone is 2. The molecule has 1 aromatic rings. The van der Waals surface area contributed by atoms with Crippen LogP contribution >= 0.6 is 15.9 Å². The standard InChI is InChI=1S/C14H18BrN3O2S/c1-10(11-6-4-3-5-7-11)18-14-13(15)8-12(9-17-14)21(19,20)16-2/h4,6-10,16H,3,5H2,1-2H3,(H,17,18). The first-order chi connectivity index (χ1) is 9.94. The van der Waals surface area contributed by atoms with Gasteiger partial charge in [0.25, 0.3) is 0 Å². The highest BCUT2D eigenvalue weighted by Gasteiger charge is 2.16. The van der Waals surface area contributed by atoms with Gasteiger partial charge in [-0.3, -0.25) is 0 Å². The van der Waals surface area contributed by atoms with Crippen molar-refractivity contribution < 1.29 is 8.42 Å². The molecule has 5 nitrogen and oxygen atoms in total. The van der Waals surface area contributed by atoms with Crippen molar-refractivity contribution in [2.24, 2.45) is 0 Å². The molecule has 1 heterocycles. The summed E-state index contributed by atoms with van der Waals surface area (Å²) in [6.45, 7) is 2.05. The molecular formula is C14H18BrN3O2S. The Labute approximate surface area is 133 Å². The Kier molecular flexibility index (Phi) is 5.18. The number of nitrogens with zero attached hydrogens (tertiary/aromatic N) is 1. The van der Waals surface area contributed by atoms with Crippen molar-refractivity contribution >= 4 is 31.8 Å². The number of hydrogen-bond acceptors (Lipinski definition) is 4. The third kappa shape index (κ3) is 3.93. The van der Waals surface area contributed by atoms with E-state index in [4.69, 9.17) is 0 Å². The molecule has 0 saturated heterocycles. The lowest BCUT2D eigenvalue weighted by Crippen LogP contribution is -2.21. The SMILES string of the molecule is CNS(=O)(=O)c1cnc(NC(C)C2=CCCC=C2)c(Br)c1. The zero-order valence-electron chi connectivity index (χ0n) is 11.9. The first kappa shape index (κ1) is 16.2. The Bertz CT molecular complexity index is 683. The Balaban J connectivity index is 2.18. The van der Waals surface area contributed by atoms with Gasteiger partial charge in [-0.25, -0.2) is 18.1 Å². The minimum Gasteiger partial charge on any atom is -0.363 e. The third-order valence-corrected chi connectivity index (χ3v) is 5.26. The molecule has 1 atom stereocenters. The Morgan fingerprint density at radius 2 is 2.14 bits per heavy atom. The molecule has 1 aliphatic rings. The van der Waals surface area contributed by atoms with Crippen LogP contribution in [0.5, 0.6) is 0 Å². The summed E-state index contributed by atoms with van der Waals surface area (Å²) in [7, 11) is -2.10. The van der Waals surface area contributed by atoms with Crippen LogP contribution in [0.2, 0.25) is 0 Å². The molecule has 0 saturated carbocycles. The van der Waals surface area contributed by atoms with Crippen LogP contribution < -0.4 is 10.0 Å². The molecule has 2 N–H and O–H groups in total. The van der Waals surface area contributed by atoms with E-state index in [1.54, 1.807) is 6.07 Å². The quantitative estimate of drug-likeness (QED) is 0.834.